The third-order valence-corrected chi connectivity index (χ3v) is 3.90. The molecule has 0 saturated heterocycles. The highest BCUT2D eigenvalue weighted by atomic mass is 35.7. The zero-order valence-corrected chi connectivity index (χ0v) is 12.5. The van der Waals surface area contributed by atoms with Gasteiger partial charge in [-0.3, -0.25) is 4.57 Å². The van der Waals surface area contributed by atoms with Crippen LogP contribution in [-0.4, -0.2) is 23.2 Å². The van der Waals surface area contributed by atoms with Gasteiger partial charge < -0.3 is 0 Å². The van der Waals surface area contributed by atoms with Gasteiger partial charge in [-0.15, -0.1) is 10.2 Å². The van der Waals surface area contributed by atoms with Crippen LogP contribution in [0.1, 0.15) is 31.3 Å². The van der Waals surface area contributed by atoms with Crippen molar-refractivity contribution in [3.05, 3.63) is 41.5 Å². The van der Waals surface area contributed by atoms with Gasteiger partial charge in [0.1, 0.15) is 11.6 Å². The molecule has 8 heteroatoms. The Morgan fingerprint density at radius 2 is 1.95 bits per heavy atom. The Bertz CT molecular complexity index is 728. The van der Waals surface area contributed by atoms with Crippen molar-refractivity contribution >= 4 is 19.7 Å². The van der Waals surface area contributed by atoms with Gasteiger partial charge in [0.25, 0.3) is 14.2 Å². The van der Waals surface area contributed by atoms with Crippen molar-refractivity contribution in [1.29, 1.82) is 0 Å². The molecule has 0 unspecified atom stereocenters. The molecule has 2 rings (SSSR count). The van der Waals surface area contributed by atoms with Crippen molar-refractivity contribution in [2.75, 3.05) is 0 Å². The highest BCUT2D eigenvalue weighted by Crippen LogP contribution is 2.21. The van der Waals surface area contributed by atoms with Crippen molar-refractivity contribution in [2.45, 2.75) is 31.5 Å². The smallest absolute Gasteiger partial charge is 0.296 e. The maximum Gasteiger partial charge on any atom is 0.296 e. The van der Waals surface area contributed by atoms with Gasteiger partial charge in [-0.2, -0.15) is 0 Å². The summed E-state index contributed by atoms with van der Waals surface area (Å²) < 4.78 is 38.0. The summed E-state index contributed by atoms with van der Waals surface area (Å²) in [6, 6.07) is 6.03. The summed E-state index contributed by atoms with van der Waals surface area (Å²) in [4.78, 5) is 0. The molecule has 0 aliphatic rings. The average molecular weight is 318 g/mol. The fourth-order valence-corrected chi connectivity index (χ4v) is 2.93. The first-order valence-electron chi connectivity index (χ1n) is 5.92. The van der Waals surface area contributed by atoms with E-state index >= 15 is 0 Å². The first-order chi connectivity index (χ1) is 9.30. The van der Waals surface area contributed by atoms with Gasteiger partial charge in [0.05, 0.1) is 0 Å². The maximum atomic E-state index is 13.6. The van der Waals surface area contributed by atoms with Crippen LogP contribution in [0.5, 0.6) is 0 Å². The number of rotatable bonds is 4. The molecule has 1 aromatic heterocycles. The van der Waals surface area contributed by atoms with E-state index in [1.54, 1.807) is 32.0 Å². The van der Waals surface area contributed by atoms with E-state index in [4.69, 9.17) is 10.7 Å². The molecule has 0 atom stereocenters. The van der Waals surface area contributed by atoms with Gasteiger partial charge in [0.2, 0.25) is 0 Å². The monoisotopic (exact) mass is 317 g/mol. The number of hydrogen-bond donors (Lipinski definition) is 0. The Morgan fingerprint density at radius 1 is 1.30 bits per heavy atom. The summed E-state index contributed by atoms with van der Waals surface area (Å²) in [6.07, 6.45) is 0.143. The molecule has 0 fully saturated rings. The first kappa shape index (κ1) is 14.9. The summed E-state index contributed by atoms with van der Waals surface area (Å²) in [5, 5.41) is 7.11. The second-order valence-electron chi connectivity index (χ2n) is 4.57. The zero-order chi connectivity index (χ0) is 14.9. The van der Waals surface area contributed by atoms with Gasteiger partial charge >= 0.3 is 0 Å². The predicted molar refractivity (Wildman–Crippen MR) is 72.7 cm³/mol. The summed E-state index contributed by atoms with van der Waals surface area (Å²) in [5.41, 5.74) is 0.417. The van der Waals surface area contributed by atoms with Gasteiger partial charge in [-0.1, -0.05) is 18.2 Å². The van der Waals surface area contributed by atoms with E-state index in [1.165, 1.54) is 10.6 Å². The van der Waals surface area contributed by atoms with Crippen LogP contribution in [0, 0.1) is 5.82 Å². The van der Waals surface area contributed by atoms with Crippen molar-refractivity contribution in [3.8, 4) is 0 Å². The molecule has 1 heterocycles. The lowest BCUT2D eigenvalue weighted by Gasteiger charge is -2.12. The fourth-order valence-electron chi connectivity index (χ4n) is 1.93. The molecule has 0 N–H and O–H groups in total. The van der Waals surface area contributed by atoms with Gasteiger partial charge in [0.15, 0.2) is 0 Å². The molecule has 0 radical (unpaired) electrons. The van der Waals surface area contributed by atoms with Crippen molar-refractivity contribution in [3.63, 3.8) is 0 Å². The molecule has 0 saturated carbocycles. The zero-order valence-electron chi connectivity index (χ0n) is 10.9. The molecule has 0 amide bonds. The maximum absolute atomic E-state index is 13.6. The van der Waals surface area contributed by atoms with E-state index in [-0.39, 0.29) is 23.4 Å². The van der Waals surface area contributed by atoms with Crippen LogP contribution in [0.4, 0.5) is 4.39 Å². The van der Waals surface area contributed by atoms with Crippen LogP contribution in [-0.2, 0) is 15.5 Å². The molecule has 2 aromatic rings. The van der Waals surface area contributed by atoms with Crippen LogP contribution in [0.15, 0.2) is 29.4 Å². The number of halogens is 2. The topological polar surface area (TPSA) is 64.8 Å². The second-order valence-corrected chi connectivity index (χ2v) is 7.03. The van der Waals surface area contributed by atoms with Gasteiger partial charge in [-0.05, 0) is 25.5 Å². The molecule has 20 heavy (non-hydrogen) atoms. The van der Waals surface area contributed by atoms with Crippen LogP contribution < -0.4 is 0 Å². The quantitative estimate of drug-likeness (QED) is 0.813. The molecule has 0 aliphatic carbocycles. The minimum absolute atomic E-state index is 0.143. The van der Waals surface area contributed by atoms with E-state index in [2.05, 4.69) is 10.2 Å². The Morgan fingerprint density at radius 3 is 2.50 bits per heavy atom. The Balaban J connectivity index is 2.49. The second kappa shape index (κ2) is 5.49. The first-order valence-corrected chi connectivity index (χ1v) is 8.23. The summed E-state index contributed by atoms with van der Waals surface area (Å²) >= 11 is 0. The van der Waals surface area contributed by atoms with E-state index in [9.17, 15) is 12.8 Å². The molecular weight excluding hydrogens is 305 g/mol. The molecular formula is C12H13ClFN3O2S. The molecule has 0 spiro atoms. The van der Waals surface area contributed by atoms with Crippen molar-refractivity contribution in [2.24, 2.45) is 0 Å². The predicted octanol–water partition coefficient (Wildman–Crippen LogP) is 2.52. The Hall–Kier alpha value is -1.47. The van der Waals surface area contributed by atoms with Crippen LogP contribution in [0.3, 0.4) is 0 Å². The van der Waals surface area contributed by atoms with Crippen LogP contribution in [0.25, 0.3) is 0 Å². The van der Waals surface area contributed by atoms with E-state index < -0.39 is 9.05 Å². The molecule has 108 valence electrons. The standard InChI is InChI=1S/C12H13ClFN3O2S/c1-8(2)17-11(15-16-12(17)20(13,18)19)7-9-5-3-4-6-10(9)14/h3-6,8H,7H2,1-2H3. The van der Waals surface area contributed by atoms with Crippen LogP contribution >= 0.6 is 10.7 Å². The highest BCUT2D eigenvalue weighted by Gasteiger charge is 2.24. The third-order valence-electron chi connectivity index (χ3n) is 2.78. The van der Waals surface area contributed by atoms with E-state index in [0.29, 0.717) is 11.4 Å². The normalized spacial score (nSPS) is 12.1. The van der Waals surface area contributed by atoms with E-state index in [0.717, 1.165) is 0 Å². The summed E-state index contributed by atoms with van der Waals surface area (Å²) in [7, 11) is 1.34. The lowest BCUT2D eigenvalue weighted by atomic mass is 10.1. The lowest BCUT2D eigenvalue weighted by Crippen LogP contribution is -2.12. The number of hydrogen-bond acceptors (Lipinski definition) is 4. The lowest BCUT2D eigenvalue weighted by molar-refractivity contribution is 0.510. The molecule has 1 aromatic carbocycles. The Kier molecular flexibility index (Phi) is 4.10. The van der Waals surface area contributed by atoms with Gasteiger partial charge in [-0.25, -0.2) is 12.8 Å². The Labute approximate surface area is 120 Å². The highest BCUT2D eigenvalue weighted by molar-refractivity contribution is 8.13. The third kappa shape index (κ3) is 2.99. The fraction of sp³-hybridized carbons (Fsp3) is 0.333. The van der Waals surface area contributed by atoms with E-state index in [1.807, 2.05) is 0 Å². The van der Waals surface area contributed by atoms with Crippen molar-refractivity contribution in [1.82, 2.24) is 14.8 Å². The molecule has 0 bridgehead atoms. The number of nitrogens with zero attached hydrogens (tertiary/aromatic N) is 3. The van der Waals surface area contributed by atoms with Gasteiger partial charge in [0, 0.05) is 23.1 Å². The molecule has 0 aliphatic heterocycles. The minimum atomic E-state index is -3.99. The van der Waals surface area contributed by atoms with Crippen LogP contribution in [0.2, 0.25) is 0 Å². The molecule has 5 nitrogen and oxygen atoms in total. The number of benzene rings is 1. The SMILES string of the molecule is CC(C)n1c(Cc2ccccc2F)nnc1S(=O)(=O)Cl. The summed E-state index contributed by atoms with van der Waals surface area (Å²) in [5.74, 6) is -0.0228. The largest absolute Gasteiger partial charge is 0.298 e. The number of aromatic nitrogens is 3. The summed E-state index contributed by atoms with van der Waals surface area (Å²) in [6.45, 7) is 3.56. The minimum Gasteiger partial charge on any atom is -0.298 e. The average Bonchev–Trinajstić information content (AvgIpc) is 2.75. The van der Waals surface area contributed by atoms with Crippen molar-refractivity contribution < 1.29 is 12.8 Å².